The first-order chi connectivity index (χ1) is 13.6. The monoisotopic (exact) mass is 456 g/mol. The van der Waals surface area contributed by atoms with Gasteiger partial charge in [0.25, 0.3) is 0 Å². The number of anilines is 1. The number of fused-ring (bicyclic) bond motifs is 2. The molecule has 1 spiro atoms. The highest BCUT2D eigenvalue weighted by atomic mass is 35.5. The van der Waals surface area contributed by atoms with Crippen LogP contribution in [0.3, 0.4) is 0 Å². The quantitative estimate of drug-likeness (QED) is 0.609. The number of rotatable bonds is 2. The van der Waals surface area contributed by atoms with Gasteiger partial charge in [-0.05, 0) is 73.2 Å². The van der Waals surface area contributed by atoms with Crippen molar-refractivity contribution < 1.29 is 13.5 Å². The maximum absolute atomic E-state index is 13.5. The fourth-order valence-electron chi connectivity index (χ4n) is 5.26. The first kappa shape index (κ1) is 23.3. The maximum atomic E-state index is 13.5. The molecule has 30 heavy (non-hydrogen) atoms. The van der Waals surface area contributed by atoms with Gasteiger partial charge in [0.1, 0.15) is 11.6 Å². The molecule has 164 valence electrons. The zero-order valence-corrected chi connectivity index (χ0v) is 18.5. The topological polar surface area (TPSA) is 15.7 Å². The van der Waals surface area contributed by atoms with E-state index >= 15 is 0 Å². The molecule has 0 aromatic heterocycles. The van der Waals surface area contributed by atoms with Gasteiger partial charge in [0.05, 0.1) is 12.2 Å². The molecular formula is C23H28Cl2F2N2O. The van der Waals surface area contributed by atoms with Crippen molar-refractivity contribution in [1.82, 2.24) is 4.90 Å². The Morgan fingerprint density at radius 2 is 1.47 bits per heavy atom. The van der Waals surface area contributed by atoms with Crippen LogP contribution in [0.5, 0.6) is 0 Å². The number of ether oxygens (including phenoxy) is 1. The van der Waals surface area contributed by atoms with E-state index < -0.39 is 0 Å². The summed E-state index contributed by atoms with van der Waals surface area (Å²) in [5, 5.41) is 0. The van der Waals surface area contributed by atoms with Crippen molar-refractivity contribution in [1.29, 1.82) is 0 Å². The van der Waals surface area contributed by atoms with Gasteiger partial charge in [-0.3, -0.25) is 4.90 Å². The minimum absolute atomic E-state index is 0. The second-order valence-electron chi connectivity index (χ2n) is 8.32. The van der Waals surface area contributed by atoms with Gasteiger partial charge in [-0.1, -0.05) is 6.07 Å². The van der Waals surface area contributed by atoms with Crippen LogP contribution >= 0.6 is 24.8 Å². The standard InChI is InChI=1S/C23H26F2N2O.2ClH/c24-18-1-4-20(5-2-18)26-11-13-27(14-12-26)21-7-9-23(10-8-21)22-6-3-19(25)15-17(22)16-28-23;;/h1-6,15,21H,7-14,16H2;2*1H. The van der Waals surface area contributed by atoms with E-state index in [1.54, 1.807) is 12.1 Å². The van der Waals surface area contributed by atoms with Crippen LogP contribution in [-0.4, -0.2) is 37.1 Å². The van der Waals surface area contributed by atoms with E-state index in [0.717, 1.165) is 63.1 Å². The number of hydrogen-bond acceptors (Lipinski definition) is 3. The summed E-state index contributed by atoms with van der Waals surface area (Å²) in [6, 6.07) is 12.5. The van der Waals surface area contributed by atoms with Gasteiger partial charge in [0, 0.05) is 37.9 Å². The molecule has 3 nitrogen and oxygen atoms in total. The van der Waals surface area contributed by atoms with Gasteiger partial charge >= 0.3 is 0 Å². The van der Waals surface area contributed by atoms with Crippen LogP contribution in [-0.2, 0) is 16.9 Å². The van der Waals surface area contributed by atoms with Crippen LogP contribution in [0.25, 0.3) is 0 Å². The fraction of sp³-hybridized carbons (Fsp3) is 0.478. The molecule has 0 N–H and O–H groups in total. The van der Waals surface area contributed by atoms with Gasteiger partial charge in [-0.25, -0.2) is 8.78 Å². The minimum Gasteiger partial charge on any atom is -0.369 e. The molecule has 2 aliphatic heterocycles. The first-order valence-electron chi connectivity index (χ1n) is 10.3. The van der Waals surface area contributed by atoms with Crippen LogP contribution in [0.4, 0.5) is 14.5 Å². The summed E-state index contributed by atoms with van der Waals surface area (Å²) >= 11 is 0. The predicted octanol–water partition coefficient (Wildman–Crippen LogP) is 5.30. The molecule has 7 heteroatoms. The summed E-state index contributed by atoms with van der Waals surface area (Å²) in [7, 11) is 0. The lowest BCUT2D eigenvalue weighted by molar-refractivity contribution is -0.0777. The van der Waals surface area contributed by atoms with Crippen molar-refractivity contribution in [2.45, 2.75) is 43.9 Å². The van der Waals surface area contributed by atoms with E-state index in [0.29, 0.717) is 12.6 Å². The van der Waals surface area contributed by atoms with Gasteiger partial charge in [0.15, 0.2) is 0 Å². The molecule has 5 rings (SSSR count). The Morgan fingerprint density at radius 1 is 0.833 bits per heavy atom. The molecule has 1 saturated heterocycles. The lowest BCUT2D eigenvalue weighted by Gasteiger charge is -2.45. The first-order valence-corrected chi connectivity index (χ1v) is 10.3. The lowest BCUT2D eigenvalue weighted by Crippen LogP contribution is -2.52. The number of nitrogens with zero attached hydrogens (tertiary/aromatic N) is 2. The Kier molecular flexibility index (Phi) is 7.28. The van der Waals surface area contributed by atoms with Gasteiger partial charge in [-0.2, -0.15) is 0 Å². The zero-order valence-electron chi connectivity index (χ0n) is 16.9. The normalized spacial score (nSPS) is 26.1. The van der Waals surface area contributed by atoms with E-state index in [9.17, 15) is 8.78 Å². The smallest absolute Gasteiger partial charge is 0.123 e. The SMILES string of the molecule is Cl.Cl.Fc1ccc(N2CCN(C3CCC4(CC3)OCc3cc(F)ccc34)CC2)cc1. The molecule has 0 radical (unpaired) electrons. The third kappa shape index (κ3) is 4.31. The van der Waals surface area contributed by atoms with Gasteiger partial charge < -0.3 is 9.64 Å². The average Bonchev–Trinajstić information content (AvgIpc) is 3.06. The number of halogens is 4. The summed E-state index contributed by atoms with van der Waals surface area (Å²) in [5.74, 6) is -0.357. The molecule has 2 heterocycles. The largest absolute Gasteiger partial charge is 0.369 e. The third-order valence-electron chi connectivity index (χ3n) is 6.85. The zero-order chi connectivity index (χ0) is 19.1. The predicted molar refractivity (Wildman–Crippen MR) is 120 cm³/mol. The molecule has 1 aliphatic carbocycles. The van der Waals surface area contributed by atoms with Crippen molar-refractivity contribution in [2.75, 3.05) is 31.1 Å². The Labute approximate surface area is 189 Å². The van der Waals surface area contributed by atoms with Crippen molar-refractivity contribution in [3.63, 3.8) is 0 Å². The summed E-state index contributed by atoms with van der Waals surface area (Å²) in [6.45, 7) is 4.57. The number of hydrogen-bond donors (Lipinski definition) is 0. The van der Waals surface area contributed by atoms with Crippen molar-refractivity contribution in [3.05, 3.63) is 65.2 Å². The highest BCUT2D eigenvalue weighted by molar-refractivity contribution is 5.85. The molecule has 0 unspecified atom stereocenters. The molecule has 0 atom stereocenters. The molecule has 3 aliphatic rings. The lowest BCUT2D eigenvalue weighted by atomic mass is 9.77. The van der Waals surface area contributed by atoms with E-state index in [1.807, 2.05) is 18.2 Å². The van der Waals surface area contributed by atoms with Gasteiger partial charge in [0.2, 0.25) is 0 Å². The number of benzene rings is 2. The summed E-state index contributed by atoms with van der Waals surface area (Å²) in [5.41, 5.74) is 3.13. The molecule has 2 aromatic carbocycles. The van der Waals surface area contributed by atoms with Crippen LogP contribution in [0.1, 0.15) is 36.8 Å². The molecule has 2 fully saturated rings. The summed E-state index contributed by atoms with van der Waals surface area (Å²) in [6.07, 6.45) is 4.25. The Bertz CT molecular complexity index is 849. The van der Waals surface area contributed by atoms with E-state index in [-0.39, 0.29) is 42.0 Å². The minimum atomic E-state index is -0.199. The van der Waals surface area contributed by atoms with Crippen molar-refractivity contribution in [2.24, 2.45) is 0 Å². The summed E-state index contributed by atoms with van der Waals surface area (Å²) < 4.78 is 32.9. The molecular weight excluding hydrogens is 429 g/mol. The van der Waals surface area contributed by atoms with Crippen LogP contribution < -0.4 is 4.90 Å². The highest BCUT2D eigenvalue weighted by Crippen LogP contribution is 2.47. The fourth-order valence-corrected chi connectivity index (χ4v) is 5.26. The maximum Gasteiger partial charge on any atom is 0.123 e. The van der Waals surface area contributed by atoms with Crippen molar-refractivity contribution >= 4 is 30.5 Å². The molecule has 0 amide bonds. The van der Waals surface area contributed by atoms with Crippen LogP contribution in [0.2, 0.25) is 0 Å². The number of piperazine rings is 1. The van der Waals surface area contributed by atoms with Gasteiger partial charge in [-0.15, -0.1) is 24.8 Å². The van der Waals surface area contributed by atoms with E-state index in [2.05, 4.69) is 9.80 Å². The second kappa shape index (κ2) is 9.39. The van der Waals surface area contributed by atoms with Crippen molar-refractivity contribution in [3.8, 4) is 0 Å². The Balaban J connectivity index is 0.00000128. The average molecular weight is 457 g/mol. The van der Waals surface area contributed by atoms with Crippen LogP contribution in [0.15, 0.2) is 42.5 Å². The molecule has 2 aromatic rings. The Hall–Kier alpha value is -1.40. The third-order valence-corrected chi connectivity index (χ3v) is 6.85. The molecule has 0 bridgehead atoms. The second-order valence-corrected chi connectivity index (χ2v) is 8.32. The van der Waals surface area contributed by atoms with E-state index in [1.165, 1.54) is 17.7 Å². The highest BCUT2D eigenvalue weighted by Gasteiger charge is 2.44. The Morgan fingerprint density at radius 3 is 2.13 bits per heavy atom. The van der Waals surface area contributed by atoms with E-state index in [4.69, 9.17) is 4.74 Å². The van der Waals surface area contributed by atoms with Crippen LogP contribution in [0, 0.1) is 11.6 Å². The summed E-state index contributed by atoms with van der Waals surface area (Å²) in [4.78, 5) is 4.94. The molecule has 1 saturated carbocycles.